The van der Waals surface area contributed by atoms with Gasteiger partial charge in [-0.05, 0) is 50.2 Å². The normalized spacial score (nSPS) is 11.9. The maximum atomic E-state index is 12.4. The zero-order valence-electron chi connectivity index (χ0n) is 15.0. The van der Waals surface area contributed by atoms with Crippen molar-refractivity contribution in [3.63, 3.8) is 0 Å². The highest BCUT2D eigenvalue weighted by Gasteiger charge is 2.23. The van der Waals surface area contributed by atoms with Gasteiger partial charge in [0.15, 0.2) is 0 Å². The first kappa shape index (κ1) is 20.8. The third-order valence-electron chi connectivity index (χ3n) is 3.87. The number of benzene rings is 2. The van der Waals surface area contributed by atoms with E-state index in [1.807, 2.05) is 0 Å². The number of carbonyl (C=O) groups is 1. The zero-order valence-corrected chi connectivity index (χ0v) is 15.8. The number of anilines is 1. The van der Waals surface area contributed by atoms with Crippen molar-refractivity contribution in [3.05, 3.63) is 54.1 Å². The first-order chi connectivity index (χ1) is 12.6. The van der Waals surface area contributed by atoms with Crippen LogP contribution in [0.4, 0.5) is 14.5 Å². The first-order valence-electron chi connectivity index (χ1n) is 8.06. The first-order valence-corrected chi connectivity index (χ1v) is 9.50. The second-order valence-corrected chi connectivity index (χ2v) is 7.97. The van der Waals surface area contributed by atoms with Gasteiger partial charge in [0.1, 0.15) is 5.75 Å². The number of hydrogen-bond donors (Lipinski definition) is 1. The van der Waals surface area contributed by atoms with E-state index in [0.717, 1.165) is 0 Å². The fourth-order valence-electron chi connectivity index (χ4n) is 2.19. The van der Waals surface area contributed by atoms with Crippen molar-refractivity contribution in [1.82, 2.24) is 4.31 Å². The van der Waals surface area contributed by atoms with Crippen LogP contribution in [0.1, 0.15) is 24.2 Å². The molecule has 0 aromatic heterocycles. The van der Waals surface area contributed by atoms with Gasteiger partial charge in [-0.2, -0.15) is 13.1 Å². The molecule has 27 heavy (non-hydrogen) atoms. The Bertz CT molecular complexity index is 900. The Labute approximate surface area is 156 Å². The summed E-state index contributed by atoms with van der Waals surface area (Å²) in [5, 5.41) is 2.47. The molecule has 2 rings (SSSR count). The van der Waals surface area contributed by atoms with Gasteiger partial charge in [-0.25, -0.2) is 8.42 Å². The quantitative estimate of drug-likeness (QED) is 0.774. The molecular weight excluding hydrogens is 378 g/mol. The molecule has 1 N–H and O–H groups in total. The molecule has 0 saturated heterocycles. The van der Waals surface area contributed by atoms with Crippen LogP contribution < -0.4 is 10.1 Å². The van der Waals surface area contributed by atoms with Gasteiger partial charge in [-0.3, -0.25) is 4.79 Å². The minimum Gasteiger partial charge on any atom is -0.433 e. The lowest BCUT2D eigenvalue weighted by Gasteiger charge is -2.21. The number of nitrogens with one attached hydrogen (secondary N) is 1. The van der Waals surface area contributed by atoms with Gasteiger partial charge in [-0.15, -0.1) is 0 Å². The molecule has 0 radical (unpaired) electrons. The fourth-order valence-corrected chi connectivity index (χ4v) is 3.55. The number of rotatable bonds is 7. The van der Waals surface area contributed by atoms with Gasteiger partial charge in [0, 0.05) is 18.7 Å². The lowest BCUT2D eigenvalue weighted by molar-refractivity contribution is -0.0493. The minimum absolute atomic E-state index is 0.0525. The van der Waals surface area contributed by atoms with Crippen LogP contribution in [0.2, 0.25) is 0 Å². The summed E-state index contributed by atoms with van der Waals surface area (Å²) in [5.74, 6) is -0.750. The van der Waals surface area contributed by atoms with Gasteiger partial charge in [0.2, 0.25) is 10.0 Å². The molecule has 0 aliphatic rings. The summed E-state index contributed by atoms with van der Waals surface area (Å²) < 4.78 is 55.3. The second-order valence-electron chi connectivity index (χ2n) is 5.97. The molecule has 2 aromatic rings. The lowest BCUT2D eigenvalue weighted by atomic mass is 10.2. The van der Waals surface area contributed by atoms with Gasteiger partial charge >= 0.3 is 6.61 Å². The number of alkyl halides is 2. The van der Waals surface area contributed by atoms with Gasteiger partial charge in [0.25, 0.3) is 5.91 Å². The Morgan fingerprint density at radius 1 is 1.07 bits per heavy atom. The Hall–Kier alpha value is -2.52. The summed E-state index contributed by atoms with van der Waals surface area (Å²) in [5.41, 5.74) is 0.257. The zero-order chi connectivity index (χ0) is 20.2. The lowest BCUT2D eigenvalue weighted by Crippen LogP contribution is -2.33. The van der Waals surface area contributed by atoms with Crippen LogP contribution in [0.3, 0.4) is 0 Å². The molecule has 0 atom stereocenters. The molecule has 9 heteroatoms. The van der Waals surface area contributed by atoms with E-state index < -0.39 is 22.5 Å². The van der Waals surface area contributed by atoms with E-state index in [0.29, 0.717) is 0 Å². The third kappa shape index (κ3) is 5.01. The molecule has 0 unspecified atom stereocenters. The fraction of sp³-hybridized carbons (Fsp3) is 0.278. The van der Waals surface area contributed by atoms with E-state index in [1.54, 1.807) is 19.9 Å². The highest BCUT2D eigenvalue weighted by atomic mass is 32.2. The van der Waals surface area contributed by atoms with E-state index in [9.17, 15) is 22.0 Å². The molecule has 146 valence electrons. The van der Waals surface area contributed by atoms with Crippen molar-refractivity contribution in [1.29, 1.82) is 0 Å². The number of hydrogen-bond acceptors (Lipinski definition) is 4. The highest BCUT2D eigenvalue weighted by Crippen LogP contribution is 2.26. The van der Waals surface area contributed by atoms with E-state index in [4.69, 9.17) is 0 Å². The maximum Gasteiger partial charge on any atom is 0.387 e. The van der Waals surface area contributed by atoms with Crippen LogP contribution in [0, 0.1) is 0 Å². The molecule has 2 aromatic carbocycles. The smallest absolute Gasteiger partial charge is 0.387 e. The van der Waals surface area contributed by atoms with Gasteiger partial charge < -0.3 is 10.1 Å². The number of sulfonamides is 1. The highest BCUT2D eigenvalue weighted by molar-refractivity contribution is 7.89. The summed E-state index contributed by atoms with van der Waals surface area (Å²) in [6.45, 7) is 0.474. The number of nitrogens with zero attached hydrogens (tertiary/aromatic N) is 1. The third-order valence-corrected chi connectivity index (χ3v) is 5.92. The monoisotopic (exact) mass is 398 g/mol. The van der Waals surface area contributed by atoms with Gasteiger partial charge in [0.05, 0.1) is 10.6 Å². The van der Waals surface area contributed by atoms with Crippen LogP contribution in [0.5, 0.6) is 5.75 Å². The average molecular weight is 398 g/mol. The number of para-hydroxylation sites is 2. The molecule has 0 heterocycles. The largest absolute Gasteiger partial charge is 0.433 e. The van der Waals surface area contributed by atoms with Crippen LogP contribution in [0.25, 0.3) is 0 Å². The number of carbonyl (C=O) groups excluding carboxylic acids is 1. The molecule has 0 fully saturated rings. The summed E-state index contributed by atoms with van der Waals surface area (Å²) in [6, 6.07) is 10.9. The topological polar surface area (TPSA) is 75.7 Å². The Kier molecular flexibility index (Phi) is 6.50. The Morgan fingerprint density at radius 2 is 1.67 bits per heavy atom. The molecule has 0 spiro atoms. The number of amides is 1. The van der Waals surface area contributed by atoms with E-state index in [-0.39, 0.29) is 27.9 Å². The molecular formula is C18H20F2N2O4S. The predicted octanol–water partition coefficient (Wildman–Crippen LogP) is 3.57. The van der Waals surface area contributed by atoms with Crippen molar-refractivity contribution in [2.45, 2.75) is 31.4 Å². The van der Waals surface area contributed by atoms with Crippen molar-refractivity contribution in [2.24, 2.45) is 0 Å². The summed E-state index contributed by atoms with van der Waals surface area (Å²) in [7, 11) is -2.19. The van der Waals surface area contributed by atoms with Crippen molar-refractivity contribution >= 4 is 21.6 Å². The van der Waals surface area contributed by atoms with E-state index in [2.05, 4.69) is 10.1 Å². The average Bonchev–Trinajstić information content (AvgIpc) is 2.62. The van der Waals surface area contributed by atoms with Crippen LogP contribution in [-0.4, -0.2) is 38.3 Å². The SMILES string of the molecule is CC(C)N(C)S(=O)(=O)c1ccc(C(=O)Nc2ccccc2OC(F)F)cc1. The van der Waals surface area contributed by atoms with E-state index >= 15 is 0 Å². The molecule has 0 saturated carbocycles. The van der Waals surface area contributed by atoms with Crippen LogP contribution >= 0.6 is 0 Å². The molecule has 0 aliphatic carbocycles. The molecule has 0 bridgehead atoms. The molecule has 1 amide bonds. The standard InChI is InChI=1S/C18H20F2N2O4S/c1-12(2)22(3)27(24,25)14-10-8-13(9-11-14)17(23)21-15-6-4-5-7-16(15)26-18(19)20/h4-12,18H,1-3H3,(H,21,23). The molecule has 0 aliphatic heterocycles. The summed E-state index contributed by atoms with van der Waals surface area (Å²) in [6.07, 6.45) is 0. The Morgan fingerprint density at radius 3 is 2.22 bits per heavy atom. The second kappa shape index (κ2) is 8.45. The van der Waals surface area contributed by atoms with Crippen molar-refractivity contribution in [3.8, 4) is 5.75 Å². The van der Waals surface area contributed by atoms with Crippen LogP contribution in [0.15, 0.2) is 53.4 Å². The summed E-state index contributed by atoms with van der Waals surface area (Å²) >= 11 is 0. The van der Waals surface area contributed by atoms with Crippen LogP contribution in [-0.2, 0) is 10.0 Å². The van der Waals surface area contributed by atoms with Crippen molar-refractivity contribution < 1.29 is 26.7 Å². The summed E-state index contributed by atoms with van der Waals surface area (Å²) in [4.78, 5) is 12.4. The number of halogens is 2. The van der Waals surface area contributed by atoms with E-state index in [1.165, 1.54) is 53.8 Å². The maximum absolute atomic E-state index is 12.4. The Balaban J connectivity index is 2.20. The van der Waals surface area contributed by atoms with Crippen molar-refractivity contribution in [2.75, 3.05) is 12.4 Å². The predicted molar refractivity (Wildman–Crippen MR) is 97.6 cm³/mol. The molecule has 6 nitrogen and oxygen atoms in total. The van der Waals surface area contributed by atoms with Gasteiger partial charge in [-0.1, -0.05) is 12.1 Å². The minimum atomic E-state index is -3.66. The number of ether oxygens (including phenoxy) is 1.